The lowest BCUT2D eigenvalue weighted by atomic mass is 10.1. The van der Waals surface area contributed by atoms with Gasteiger partial charge < -0.3 is 15.3 Å². The molecule has 0 heterocycles. The van der Waals surface area contributed by atoms with Crippen molar-refractivity contribution in [3.05, 3.63) is 34.3 Å². The molecule has 0 aliphatic heterocycles. The number of benzene rings is 1. The van der Waals surface area contributed by atoms with Crippen LogP contribution in [0.4, 0.5) is 4.79 Å². The van der Waals surface area contributed by atoms with Crippen molar-refractivity contribution in [2.45, 2.75) is 19.4 Å². The van der Waals surface area contributed by atoms with Crippen LogP contribution in [0.3, 0.4) is 0 Å². The number of carboxylic acid groups (broad SMARTS) is 1. The normalized spacial score (nSPS) is 11.7. The van der Waals surface area contributed by atoms with E-state index in [4.69, 9.17) is 5.11 Å². The van der Waals surface area contributed by atoms with E-state index >= 15 is 0 Å². The zero-order chi connectivity index (χ0) is 14.4. The van der Waals surface area contributed by atoms with Crippen LogP contribution >= 0.6 is 15.9 Å². The molecule has 0 aliphatic carbocycles. The zero-order valence-corrected chi connectivity index (χ0v) is 12.5. The van der Waals surface area contributed by atoms with E-state index in [0.717, 1.165) is 10.0 Å². The first-order valence-corrected chi connectivity index (χ1v) is 6.69. The Morgan fingerprint density at radius 3 is 2.63 bits per heavy atom. The number of urea groups is 1. The van der Waals surface area contributed by atoms with Crippen molar-refractivity contribution in [2.24, 2.45) is 0 Å². The van der Waals surface area contributed by atoms with Gasteiger partial charge in [-0.2, -0.15) is 0 Å². The maximum atomic E-state index is 11.9. The molecule has 0 bridgehead atoms. The Kier molecular flexibility index (Phi) is 5.82. The first-order chi connectivity index (χ1) is 8.93. The van der Waals surface area contributed by atoms with Gasteiger partial charge in [-0.05, 0) is 18.6 Å². The minimum Gasteiger partial charge on any atom is -0.481 e. The lowest BCUT2D eigenvalue weighted by Crippen LogP contribution is -2.39. The quantitative estimate of drug-likeness (QED) is 0.872. The average Bonchev–Trinajstić information content (AvgIpc) is 2.37. The second-order valence-electron chi connectivity index (χ2n) is 4.18. The van der Waals surface area contributed by atoms with Crippen LogP contribution in [0, 0.1) is 0 Å². The number of carboxylic acids is 1. The lowest BCUT2D eigenvalue weighted by molar-refractivity contribution is -0.136. The van der Waals surface area contributed by atoms with Crippen molar-refractivity contribution >= 4 is 27.9 Å². The molecule has 2 amide bonds. The molecule has 1 atom stereocenters. The van der Waals surface area contributed by atoms with E-state index in [-0.39, 0.29) is 25.0 Å². The summed E-state index contributed by atoms with van der Waals surface area (Å²) in [5, 5.41) is 11.1. The predicted molar refractivity (Wildman–Crippen MR) is 76.0 cm³/mol. The van der Waals surface area contributed by atoms with Crippen LogP contribution in [-0.4, -0.2) is 35.6 Å². The van der Waals surface area contributed by atoms with Crippen molar-refractivity contribution in [1.29, 1.82) is 0 Å². The van der Waals surface area contributed by atoms with Gasteiger partial charge in [-0.1, -0.05) is 34.1 Å². The third kappa shape index (κ3) is 4.55. The van der Waals surface area contributed by atoms with Gasteiger partial charge in [-0.25, -0.2) is 4.79 Å². The molecule has 0 radical (unpaired) electrons. The van der Waals surface area contributed by atoms with E-state index in [0.29, 0.717) is 0 Å². The summed E-state index contributed by atoms with van der Waals surface area (Å²) in [6, 6.07) is 7.28. The van der Waals surface area contributed by atoms with Crippen molar-refractivity contribution in [1.82, 2.24) is 10.2 Å². The molecule has 0 spiro atoms. The summed E-state index contributed by atoms with van der Waals surface area (Å²) >= 11 is 3.45. The van der Waals surface area contributed by atoms with Crippen LogP contribution in [0.2, 0.25) is 0 Å². The number of nitrogens with one attached hydrogen (secondary N) is 1. The summed E-state index contributed by atoms with van der Waals surface area (Å²) in [6.07, 6.45) is -0.0804. The van der Waals surface area contributed by atoms with E-state index < -0.39 is 5.97 Å². The first-order valence-electron chi connectivity index (χ1n) is 5.90. The number of halogens is 1. The highest BCUT2D eigenvalue weighted by Gasteiger charge is 2.18. The number of nitrogens with zero attached hydrogens (tertiary/aromatic N) is 1. The summed E-state index contributed by atoms with van der Waals surface area (Å²) < 4.78 is 0.938. The highest BCUT2D eigenvalue weighted by atomic mass is 79.9. The molecule has 1 unspecified atom stereocenters. The molecular formula is C13H17BrN2O3. The van der Waals surface area contributed by atoms with Gasteiger partial charge in [0.05, 0.1) is 12.5 Å². The number of carbonyl (C=O) groups is 2. The third-order valence-corrected chi connectivity index (χ3v) is 3.59. The van der Waals surface area contributed by atoms with E-state index in [2.05, 4.69) is 21.2 Å². The summed E-state index contributed by atoms with van der Waals surface area (Å²) in [5.74, 6) is -0.929. The lowest BCUT2D eigenvalue weighted by Gasteiger charge is -2.26. The number of aliphatic carboxylic acids is 1. The average molecular weight is 329 g/mol. The van der Waals surface area contributed by atoms with Crippen molar-refractivity contribution < 1.29 is 14.7 Å². The number of hydrogen-bond acceptors (Lipinski definition) is 2. The standard InChI is InChI=1S/C13H17BrN2O3/c1-9(10-5-3-4-6-11(10)14)16(2)13(19)15-8-7-12(17)18/h3-6,9H,7-8H2,1-2H3,(H,15,19)(H,17,18). The largest absolute Gasteiger partial charge is 0.481 e. The summed E-state index contributed by atoms with van der Waals surface area (Å²) in [6.45, 7) is 2.04. The van der Waals surface area contributed by atoms with Gasteiger partial charge in [0.15, 0.2) is 0 Å². The molecule has 6 heteroatoms. The molecule has 104 valence electrons. The van der Waals surface area contributed by atoms with Crippen molar-refractivity contribution in [2.75, 3.05) is 13.6 Å². The predicted octanol–water partition coefficient (Wildman–Crippen LogP) is 2.63. The van der Waals surface area contributed by atoms with Gasteiger partial charge >= 0.3 is 12.0 Å². The topological polar surface area (TPSA) is 69.6 Å². The molecule has 5 nitrogen and oxygen atoms in total. The molecule has 0 aromatic heterocycles. The van der Waals surface area contributed by atoms with Gasteiger partial charge in [-0.15, -0.1) is 0 Å². The Morgan fingerprint density at radius 1 is 1.42 bits per heavy atom. The maximum Gasteiger partial charge on any atom is 0.317 e. The van der Waals surface area contributed by atoms with Gasteiger partial charge in [0.1, 0.15) is 0 Å². The molecule has 0 aliphatic rings. The number of rotatable bonds is 5. The first kappa shape index (κ1) is 15.5. The zero-order valence-electron chi connectivity index (χ0n) is 10.9. The molecule has 0 fully saturated rings. The molecule has 1 aromatic carbocycles. The van der Waals surface area contributed by atoms with E-state index in [1.165, 1.54) is 0 Å². The van der Waals surface area contributed by atoms with Crippen LogP contribution in [0.5, 0.6) is 0 Å². The van der Waals surface area contributed by atoms with Crippen LogP contribution in [0.15, 0.2) is 28.7 Å². The van der Waals surface area contributed by atoms with Crippen LogP contribution < -0.4 is 5.32 Å². The van der Waals surface area contributed by atoms with Crippen LogP contribution in [0.1, 0.15) is 24.9 Å². The molecule has 1 aromatic rings. The Hall–Kier alpha value is -1.56. The van der Waals surface area contributed by atoms with Gasteiger partial charge in [-0.3, -0.25) is 4.79 Å². The fraction of sp³-hybridized carbons (Fsp3) is 0.385. The van der Waals surface area contributed by atoms with E-state index in [9.17, 15) is 9.59 Å². The highest BCUT2D eigenvalue weighted by molar-refractivity contribution is 9.10. The van der Waals surface area contributed by atoms with Gasteiger partial charge in [0.25, 0.3) is 0 Å². The number of hydrogen-bond donors (Lipinski definition) is 2. The SMILES string of the molecule is CC(c1ccccc1Br)N(C)C(=O)NCCC(=O)O. The van der Waals surface area contributed by atoms with Gasteiger partial charge in [0.2, 0.25) is 0 Å². The minimum absolute atomic E-state index is 0.0804. The van der Waals surface area contributed by atoms with Crippen molar-refractivity contribution in [3.8, 4) is 0 Å². The molecule has 0 saturated heterocycles. The molecule has 19 heavy (non-hydrogen) atoms. The summed E-state index contributed by atoms with van der Waals surface area (Å²) in [4.78, 5) is 23.8. The second kappa shape index (κ2) is 7.13. The molecule has 0 saturated carbocycles. The Balaban J connectivity index is 2.61. The Morgan fingerprint density at radius 2 is 2.05 bits per heavy atom. The van der Waals surface area contributed by atoms with Crippen molar-refractivity contribution in [3.63, 3.8) is 0 Å². The second-order valence-corrected chi connectivity index (χ2v) is 5.04. The maximum absolute atomic E-state index is 11.9. The number of carbonyl (C=O) groups excluding carboxylic acids is 1. The smallest absolute Gasteiger partial charge is 0.317 e. The van der Waals surface area contributed by atoms with Crippen LogP contribution in [-0.2, 0) is 4.79 Å². The third-order valence-electron chi connectivity index (χ3n) is 2.87. The minimum atomic E-state index is -0.929. The van der Waals surface area contributed by atoms with E-state index in [1.807, 2.05) is 31.2 Å². The molecule has 2 N–H and O–H groups in total. The fourth-order valence-corrected chi connectivity index (χ4v) is 2.22. The monoisotopic (exact) mass is 328 g/mol. The number of amides is 2. The van der Waals surface area contributed by atoms with Gasteiger partial charge in [0, 0.05) is 18.1 Å². The fourth-order valence-electron chi connectivity index (χ4n) is 1.60. The summed E-state index contributed by atoms with van der Waals surface area (Å²) in [5.41, 5.74) is 0.999. The van der Waals surface area contributed by atoms with Crippen LogP contribution in [0.25, 0.3) is 0 Å². The molecular weight excluding hydrogens is 312 g/mol. The molecule has 1 rings (SSSR count). The Bertz CT molecular complexity index is 465. The summed E-state index contributed by atoms with van der Waals surface area (Å²) in [7, 11) is 1.68. The Labute approximate surface area is 120 Å². The van der Waals surface area contributed by atoms with E-state index in [1.54, 1.807) is 11.9 Å². The highest BCUT2D eigenvalue weighted by Crippen LogP contribution is 2.26.